The predicted molar refractivity (Wildman–Crippen MR) is 97.1 cm³/mol. The van der Waals surface area contributed by atoms with Gasteiger partial charge in [-0.05, 0) is 39.5 Å². The molecule has 0 spiro atoms. The highest BCUT2D eigenvalue weighted by atomic mass is 79.9. The van der Waals surface area contributed by atoms with Crippen LogP contribution in [0.15, 0.2) is 59.1 Å². The molecule has 0 saturated heterocycles. The first kappa shape index (κ1) is 17.0. The molecule has 114 valence electrons. The van der Waals surface area contributed by atoms with Gasteiger partial charge in [-0.2, -0.15) is 0 Å². The molecule has 0 atom stereocenters. The lowest BCUT2D eigenvalue weighted by Gasteiger charge is -2.12. The fourth-order valence-electron chi connectivity index (χ4n) is 2.08. The second-order valence-electron chi connectivity index (χ2n) is 4.61. The number of rotatable bonds is 5. The first-order valence-electron chi connectivity index (χ1n) is 6.95. The van der Waals surface area contributed by atoms with Gasteiger partial charge in [-0.15, -0.1) is 0 Å². The molecule has 0 saturated carbocycles. The van der Waals surface area contributed by atoms with E-state index in [1.54, 1.807) is 6.92 Å². The van der Waals surface area contributed by atoms with Gasteiger partial charge in [0.1, 0.15) is 4.48 Å². The van der Waals surface area contributed by atoms with E-state index in [0.717, 1.165) is 22.0 Å². The van der Waals surface area contributed by atoms with Crippen molar-refractivity contribution in [2.75, 3.05) is 6.61 Å². The quantitative estimate of drug-likeness (QED) is 0.370. The summed E-state index contributed by atoms with van der Waals surface area (Å²) in [6, 6.07) is 17.9. The second kappa shape index (κ2) is 8.30. The third-order valence-electron chi connectivity index (χ3n) is 3.13. The number of halogens is 2. The molecule has 0 aliphatic rings. The van der Waals surface area contributed by atoms with Gasteiger partial charge < -0.3 is 4.74 Å². The van der Waals surface area contributed by atoms with Gasteiger partial charge in [-0.3, -0.25) is 0 Å². The van der Waals surface area contributed by atoms with Crippen molar-refractivity contribution < 1.29 is 9.53 Å². The van der Waals surface area contributed by atoms with E-state index >= 15 is 0 Å². The summed E-state index contributed by atoms with van der Waals surface area (Å²) in [6.45, 7) is 2.14. The minimum Gasteiger partial charge on any atom is -0.462 e. The van der Waals surface area contributed by atoms with E-state index in [-0.39, 0.29) is 5.97 Å². The van der Waals surface area contributed by atoms with E-state index in [2.05, 4.69) is 31.9 Å². The van der Waals surface area contributed by atoms with Gasteiger partial charge in [-0.1, -0.05) is 70.5 Å². The summed E-state index contributed by atoms with van der Waals surface area (Å²) in [5, 5.41) is 0.802. The van der Waals surface area contributed by atoms with Gasteiger partial charge in [0.2, 0.25) is 0 Å². The largest absolute Gasteiger partial charge is 0.462 e. The first-order valence-corrected chi connectivity index (χ1v) is 8.86. The van der Waals surface area contributed by atoms with Crippen molar-refractivity contribution in [3.05, 3.63) is 75.8 Å². The fourth-order valence-corrected chi connectivity index (χ4v) is 3.03. The Morgan fingerprint density at radius 3 is 2.14 bits per heavy atom. The third kappa shape index (κ3) is 4.08. The van der Waals surface area contributed by atoms with Crippen molar-refractivity contribution >= 4 is 43.4 Å². The number of hydrogen-bond donors (Lipinski definition) is 0. The SMILES string of the molecule is CCOC(=O)C(Br)=C(c1ccccc1)c1ccc(CBr)cc1. The van der Waals surface area contributed by atoms with E-state index in [1.165, 1.54) is 5.56 Å². The van der Waals surface area contributed by atoms with Crippen LogP contribution in [0.3, 0.4) is 0 Å². The monoisotopic (exact) mass is 422 g/mol. The van der Waals surface area contributed by atoms with Crippen LogP contribution in [0, 0.1) is 0 Å². The van der Waals surface area contributed by atoms with Crippen molar-refractivity contribution in [1.82, 2.24) is 0 Å². The lowest BCUT2D eigenvalue weighted by molar-refractivity contribution is -0.137. The van der Waals surface area contributed by atoms with E-state index < -0.39 is 0 Å². The standard InChI is InChI=1S/C18H16Br2O2/c1-2-22-18(21)17(20)16(14-6-4-3-5-7-14)15-10-8-13(12-19)9-11-15/h3-11H,2,12H2,1H3. The Bertz CT molecular complexity index is 661. The maximum Gasteiger partial charge on any atom is 0.345 e. The molecule has 0 unspecified atom stereocenters. The second-order valence-corrected chi connectivity index (χ2v) is 5.96. The predicted octanol–water partition coefficient (Wildman–Crippen LogP) is 5.30. The third-order valence-corrected chi connectivity index (χ3v) is 4.50. The van der Waals surface area contributed by atoms with Crippen LogP contribution in [0.1, 0.15) is 23.6 Å². The molecule has 0 fully saturated rings. The van der Waals surface area contributed by atoms with Crippen LogP contribution in [-0.2, 0) is 14.9 Å². The van der Waals surface area contributed by atoms with Crippen molar-refractivity contribution in [2.24, 2.45) is 0 Å². The van der Waals surface area contributed by atoms with Crippen molar-refractivity contribution in [3.63, 3.8) is 0 Å². The molecular formula is C18H16Br2O2. The van der Waals surface area contributed by atoms with Crippen LogP contribution in [0.2, 0.25) is 0 Å². The highest BCUT2D eigenvalue weighted by Crippen LogP contribution is 2.31. The maximum atomic E-state index is 12.1. The zero-order chi connectivity index (χ0) is 15.9. The number of hydrogen-bond acceptors (Lipinski definition) is 2. The molecule has 0 bridgehead atoms. The number of ether oxygens (including phenoxy) is 1. The Kier molecular flexibility index (Phi) is 6.40. The number of carbonyl (C=O) groups is 1. The van der Waals surface area contributed by atoms with Crippen LogP contribution in [-0.4, -0.2) is 12.6 Å². The van der Waals surface area contributed by atoms with E-state index in [0.29, 0.717) is 11.1 Å². The van der Waals surface area contributed by atoms with Gasteiger partial charge in [0, 0.05) is 10.9 Å². The summed E-state index contributed by atoms with van der Waals surface area (Å²) < 4.78 is 5.56. The normalized spacial score (nSPS) is 11.8. The molecule has 0 aromatic heterocycles. The Morgan fingerprint density at radius 1 is 1.00 bits per heavy atom. The molecule has 0 aliphatic carbocycles. The summed E-state index contributed by atoms with van der Waals surface area (Å²) in [5.41, 5.74) is 3.95. The average molecular weight is 424 g/mol. The van der Waals surface area contributed by atoms with E-state index in [9.17, 15) is 4.79 Å². The Hall–Kier alpha value is -1.39. The van der Waals surface area contributed by atoms with Crippen LogP contribution >= 0.6 is 31.9 Å². The maximum absolute atomic E-state index is 12.1. The lowest BCUT2D eigenvalue weighted by Crippen LogP contribution is -2.06. The number of benzene rings is 2. The zero-order valence-corrected chi connectivity index (χ0v) is 15.4. The molecule has 0 heterocycles. The van der Waals surface area contributed by atoms with Crippen molar-refractivity contribution in [3.8, 4) is 0 Å². The lowest BCUT2D eigenvalue weighted by atomic mass is 9.97. The minimum atomic E-state index is -0.356. The first-order chi connectivity index (χ1) is 10.7. The van der Waals surface area contributed by atoms with Crippen molar-refractivity contribution in [2.45, 2.75) is 12.3 Å². The van der Waals surface area contributed by atoms with Gasteiger partial charge in [0.15, 0.2) is 0 Å². The molecule has 2 rings (SSSR count). The summed E-state index contributed by atoms with van der Waals surface area (Å²) in [4.78, 5) is 12.1. The van der Waals surface area contributed by atoms with Gasteiger partial charge in [-0.25, -0.2) is 4.79 Å². The van der Waals surface area contributed by atoms with Gasteiger partial charge in [0.05, 0.1) is 6.61 Å². The molecule has 0 N–H and O–H groups in total. The number of esters is 1. The topological polar surface area (TPSA) is 26.3 Å². The number of alkyl halides is 1. The molecule has 0 amide bonds. The summed E-state index contributed by atoms with van der Waals surface area (Å²) in [6.07, 6.45) is 0. The van der Waals surface area contributed by atoms with Gasteiger partial charge in [0.25, 0.3) is 0 Å². The van der Waals surface area contributed by atoms with E-state index in [4.69, 9.17) is 4.74 Å². The molecular weight excluding hydrogens is 408 g/mol. The zero-order valence-electron chi connectivity index (χ0n) is 12.2. The molecule has 2 nitrogen and oxygen atoms in total. The highest BCUT2D eigenvalue weighted by molar-refractivity contribution is 9.12. The smallest absolute Gasteiger partial charge is 0.345 e. The fraction of sp³-hybridized carbons (Fsp3) is 0.167. The minimum absolute atomic E-state index is 0.346. The van der Waals surface area contributed by atoms with Crippen LogP contribution < -0.4 is 0 Å². The average Bonchev–Trinajstić information content (AvgIpc) is 2.57. The summed E-state index contributed by atoms with van der Waals surface area (Å²) >= 11 is 6.86. The van der Waals surface area contributed by atoms with E-state index in [1.807, 2.05) is 54.6 Å². The van der Waals surface area contributed by atoms with Crippen molar-refractivity contribution in [1.29, 1.82) is 0 Å². The Morgan fingerprint density at radius 2 is 1.59 bits per heavy atom. The van der Waals surface area contributed by atoms with Gasteiger partial charge >= 0.3 is 5.97 Å². The molecule has 4 heteroatoms. The van der Waals surface area contributed by atoms with Crippen LogP contribution in [0.25, 0.3) is 5.57 Å². The highest BCUT2D eigenvalue weighted by Gasteiger charge is 2.17. The molecule has 0 aliphatic heterocycles. The Balaban J connectivity index is 2.54. The molecule has 22 heavy (non-hydrogen) atoms. The Labute approximate surface area is 147 Å². The molecule has 0 radical (unpaired) electrons. The van der Waals surface area contributed by atoms with Crippen LogP contribution in [0.5, 0.6) is 0 Å². The number of carbonyl (C=O) groups excluding carboxylic acids is 1. The molecule has 2 aromatic rings. The summed E-state index contributed by atoms with van der Waals surface area (Å²) in [7, 11) is 0. The molecule has 2 aromatic carbocycles. The van der Waals surface area contributed by atoms with Crippen LogP contribution in [0.4, 0.5) is 0 Å². The summed E-state index contributed by atoms with van der Waals surface area (Å²) in [5.74, 6) is -0.356.